The van der Waals surface area contributed by atoms with Crippen LogP contribution >= 0.6 is 0 Å². The van der Waals surface area contributed by atoms with Crippen molar-refractivity contribution in [2.75, 3.05) is 11.9 Å². The second-order valence-electron chi connectivity index (χ2n) is 6.38. The molecule has 0 aliphatic heterocycles. The van der Waals surface area contributed by atoms with Gasteiger partial charge in [0, 0.05) is 31.4 Å². The Labute approximate surface area is 151 Å². The van der Waals surface area contributed by atoms with Crippen molar-refractivity contribution >= 4 is 11.9 Å². The number of nitrogens with one attached hydrogen (secondary N) is 1. The summed E-state index contributed by atoms with van der Waals surface area (Å²) in [6.45, 7) is -1.74. The number of aromatic nitrogens is 2. The Bertz CT molecular complexity index is 825. The summed E-state index contributed by atoms with van der Waals surface area (Å²) in [6.07, 6.45) is -6.71. The van der Waals surface area contributed by atoms with Gasteiger partial charge < -0.3 is 4.74 Å². The molecule has 1 aromatic carbocycles. The fourth-order valence-electron chi connectivity index (χ4n) is 3.00. The predicted molar refractivity (Wildman–Crippen MR) is 86.6 cm³/mol. The van der Waals surface area contributed by atoms with Crippen LogP contribution in [0.15, 0.2) is 30.3 Å². The third kappa shape index (κ3) is 4.37. The summed E-state index contributed by atoms with van der Waals surface area (Å²) in [5.41, 5.74) is 1.35. The van der Waals surface area contributed by atoms with Crippen molar-refractivity contribution in [3.05, 3.63) is 36.0 Å². The predicted octanol–water partition coefficient (Wildman–Crippen LogP) is 4.71. The highest BCUT2D eigenvalue weighted by Gasteiger charge is 2.48. The number of hydrogen-bond acceptors (Lipinski definition) is 3. The minimum Gasteiger partial charge on any atom is -0.440 e. The first-order valence-electron chi connectivity index (χ1n) is 8.06. The van der Waals surface area contributed by atoms with E-state index in [1.807, 2.05) is 0 Å². The number of hydrogen-bond donors (Lipinski definition) is 1. The molecule has 1 aliphatic rings. The second kappa shape index (κ2) is 6.82. The average molecular weight is 389 g/mol. The molecule has 5 nitrogen and oxygen atoms in total. The zero-order valence-corrected chi connectivity index (χ0v) is 14.2. The van der Waals surface area contributed by atoms with Gasteiger partial charge in [0.1, 0.15) is 5.82 Å². The van der Waals surface area contributed by atoms with Gasteiger partial charge in [-0.15, -0.1) is 0 Å². The zero-order valence-electron chi connectivity index (χ0n) is 14.2. The van der Waals surface area contributed by atoms with Crippen molar-refractivity contribution in [3.63, 3.8) is 0 Å². The van der Waals surface area contributed by atoms with E-state index in [1.54, 1.807) is 30.3 Å². The van der Waals surface area contributed by atoms with E-state index < -0.39 is 30.7 Å². The summed E-state index contributed by atoms with van der Waals surface area (Å²) in [4.78, 5) is 11.8. The van der Waals surface area contributed by atoms with Crippen LogP contribution in [0.3, 0.4) is 0 Å². The zero-order chi connectivity index (χ0) is 19.8. The number of amides is 1. The lowest BCUT2D eigenvalue weighted by atomic mass is 9.77. The molecular formula is C17H16F5N3O2. The lowest BCUT2D eigenvalue weighted by Gasteiger charge is -2.34. The number of nitrogens with zero attached hydrogens (tertiary/aromatic N) is 2. The molecule has 2 aromatic rings. The van der Waals surface area contributed by atoms with Crippen LogP contribution in [0.2, 0.25) is 0 Å². The number of alkyl halides is 5. The van der Waals surface area contributed by atoms with E-state index in [0.717, 1.165) is 0 Å². The van der Waals surface area contributed by atoms with Crippen molar-refractivity contribution < 1.29 is 31.5 Å². The molecular weight excluding hydrogens is 373 g/mol. The molecule has 1 aliphatic carbocycles. The molecule has 0 atom stereocenters. The molecule has 0 spiro atoms. The van der Waals surface area contributed by atoms with Crippen LogP contribution in [0.25, 0.3) is 11.1 Å². The molecule has 10 heteroatoms. The summed E-state index contributed by atoms with van der Waals surface area (Å²) in [5, 5.41) is 6.47. The molecule has 27 heavy (non-hydrogen) atoms. The molecule has 1 heterocycles. The monoisotopic (exact) mass is 389 g/mol. The maximum absolute atomic E-state index is 13.3. The van der Waals surface area contributed by atoms with E-state index >= 15 is 0 Å². The molecule has 1 N–H and O–H groups in total. The van der Waals surface area contributed by atoms with Gasteiger partial charge in [-0.3, -0.25) is 10.00 Å². The topological polar surface area (TPSA) is 56.2 Å². The molecule has 146 valence electrons. The smallest absolute Gasteiger partial charge is 0.422 e. The lowest BCUT2D eigenvalue weighted by Crippen LogP contribution is -2.34. The minimum absolute atomic E-state index is 0.0820. The summed E-state index contributed by atoms with van der Waals surface area (Å²) in [5.74, 6) is -3.20. The Morgan fingerprint density at radius 3 is 2.48 bits per heavy atom. The van der Waals surface area contributed by atoms with E-state index in [2.05, 4.69) is 15.2 Å². The van der Waals surface area contributed by atoms with Gasteiger partial charge in [0.25, 0.3) is 0 Å². The largest absolute Gasteiger partial charge is 0.440 e. The van der Waals surface area contributed by atoms with E-state index in [1.165, 1.54) is 11.7 Å². The Morgan fingerprint density at radius 1 is 1.30 bits per heavy atom. The Kier molecular flexibility index (Phi) is 4.83. The highest BCUT2D eigenvalue weighted by Crippen LogP contribution is 2.51. The molecule has 1 saturated carbocycles. The normalized spacial score (nSPS) is 16.7. The summed E-state index contributed by atoms with van der Waals surface area (Å²) < 4.78 is 68.7. The summed E-state index contributed by atoms with van der Waals surface area (Å²) >= 11 is 0. The van der Waals surface area contributed by atoms with E-state index in [0.29, 0.717) is 16.8 Å². The number of benzene rings is 1. The standard InChI is InChI=1S/C17H16F5N3O2/c1-25-14(23-15(26)27-9-17(20,21)22)12(10-5-3-2-4-6-10)13(24-25)11-7-16(18,19)8-11/h2-6,11H,7-9H2,1H3,(H,23,26). The van der Waals surface area contributed by atoms with Gasteiger partial charge >= 0.3 is 12.3 Å². The van der Waals surface area contributed by atoms with Crippen LogP contribution in [0.1, 0.15) is 24.5 Å². The van der Waals surface area contributed by atoms with E-state index in [4.69, 9.17) is 0 Å². The number of carbonyl (C=O) groups is 1. The third-order valence-electron chi connectivity index (χ3n) is 4.20. The van der Waals surface area contributed by atoms with Gasteiger partial charge in [0.15, 0.2) is 6.61 Å². The quantitative estimate of drug-likeness (QED) is 0.771. The van der Waals surface area contributed by atoms with Gasteiger partial charge in [-0.1, -0.05) is 30.3 Å². The average Bonchev–Trinajstić information content (AvgIpc) is 2.87. The fourth-order valence-corrected chi connectivity index (χ4v) is 3.00. The summed E-state index contributed by atoms with van der Waals surface area (Å²) in [7, 11) is 1.46. The Balaban J connectivity index is 1.91. The van der Waals surface area contributed by atoms with Gasteiger partial charge in [-0.2, -0.15) is 18.3 Å². The second-order valence-corrected chi connectivity index (χ2v) is 6.38. The molecule has 0 bridgehead atoms. The highest BCUT2D eigenvalue weighted by molar-refractivity contribution is 5.91. The minimum atomic E-state index is -4.66. The number of halogens is 5. The Hall–Kier alpha value is -2.65. The van der Waals surface area contributed by atoms with Crippen LogP contribution < -0.4 is 5.32 Å². The molecule has 0 saturated heterocycles. The van der Waals surface area contributed by atoms with Gasteiger partial charge in [-0.25, -0.2) is 13.6 Å². The van der Waals surface area contributed by atoms with E-state index in [9.17, 15) is 26.7 Å². The number of aryl methyl sites for hydroxylation is 1. The van der Waals surface area contributed by atoms with Crippen molar-refractivity contribution in [1.29, 1.82) is 0 Å². The highest BCUT2D eigenvalue weighted by atomic mass is 19.4. The molecule has 0 unspecified atom stereocenters. The van der Waals surface area contributed by atoms with Crippen LogP contribution in [0, 0.1) is 0 Å². The first-order valence-corrected chi connectivity index (χ1v) is 8.06. The van der Waals surface area contributed by atoms with Crippen LogP contribution in [-0.2, 0) is 11.8 Å². The Morgan fingerprint density at radius 2 is 1.93 bits per heavy atom. The first-order chi connectivity index (χ1) is 12.6. The molecule has 0 radical (unpaired) electrons. The number of rotatable bonds is 4. The van der Waals surface area contributed by atoms with Crippen molar-refractivity contribution in [2.24, 2.45) is 7.05 Å². The van der Waals surface area contributed by atoms with Crippen molar-refractivity contribution in [1.82, 2.24) is 9.78 Å². The molecule has 1 fully saturated rings. The van der Waals surface area contributed by atoms with Gasteiger partial charge in [0.2, 0.25) is 5.92 Å². The van der Waals surface area contributed by atoms with Crippen LogP contribution in [0.4, 0.5) is 32.6 Å². The maximum atomic E-state index is 13.3. The molecule has 3 rings (SSSR count). The van der Waals surface area contributed by atoms with Gasteiger partial charge in [-0.05, 0) is 5.56 Å². The van der Waals surface area contributed by atoms with E-state index in [-0.39, 0.29) is 18.7 Å². The van der Waals surface area contributed by atoms with Gasteiger partial charge in [0.05, 0.1) is 5.69 Å². The first kappa shape index (κ1) is 19.1. The maximum Gasteiger partial charge on any atom is 0.422 e. The molecule has 1 aromatic heterocycles. The molecule has 1 amide bonds. The lowest BCUT2D eigenvalue weighted by molar-refractivity contribution is -0.159. The number of ether oxygens (including phenoxy) is 1. The fraction of sp³-hybridized carbons (Fsp3) is 0.412. The van der Waals surface area contributed by atoms with Crippen molar-refractivity contribution in [2.45, 2.75) is 30.9 Å². The number of anilines is 1. The van der Waals surface area contributed by atoms with Crippen LogP contribution in [0.5, 0.6) is 0 Å². The number of carbonyl (C=O) groups excluding carboxylic acids is 1. The summed E-state index contributed by atoms with van der Waals surface area (Å²) in [6, 6.07) is 8.58. The van der Waals surface area contributed by atoms with Crippen molar-refractivity contribution in [3.8, 4) is 11.1 Å². The SMILES string of the molecule is Cn1nc(C2CC(F)(F)C2)c(-c2ccccc2)c1NC(=O)OCC(F)(F)F. The third-order valence-corrected chi connectivity index (χ3v) is 4.20. The van der Waals surface area contributed by atoms with Crippen LogP contribution in [-0.4, -0.2) is 34.6 Å².